The minimum atomic E-state index is 0.0716. The summed E-state index contributed by atoms with van der Waals surface area (Å²) in [6.45, 7) is 5.23. The van der Waals surface area contributed by atoms with Crippen LogP contribution in [0.25, 0.3) is 5.69 Å². The molecule has 23 heavy (non-hydrogen) atoms. The van der Waals surface area contributed by atoms with Crippen molar-refractivity contribution < 1.29 is 9.53 Å². The second-order valence-electron chi connectivity index (χ2n) is 5.55. The fourth-order valence-electron chi connectivity index (χ4n) is 2.60. The number of para-hydroxylation sites is 1. The van der Waals surface area contributed by atoms with Gasteiger partial charge in [0.1, 0.15) is 0 Å². The van der Waals surface area contributed by atoms with E-state index in [0.29, 0.717) is 24.0 Å². The van der Waals surface area contributed by atoms with E-state index in [-0.39, 0.29) is 18.1 Å². The van der Waals surface area contributed by atoms with Crippen LogP contribution < -0.4 is 0 Å². The van der Waals surface area contributed by atoms with Crippen LogP contribution in [-0.4, -0.2) is 62.1 Å². The van der Waals surface area contributed by atoms with E-state index in [1.165, 1.54) is 11.8 Å². The molecule has 1 aromatic carbocycles. The molecule has 2 aromatic rings. The number of nitrogens with zero attached hydrogens (tertiary/aromatic N) is 5. The van der Waals surface area contributed by atoms with Gasteiger partial charge in [0.2, 0.25) is 11.1 Å². The summed E-state index contributed by atoms with van der Waals surface area (Å²) in [5, 5.41) is 12.3. The third kappa shape index (κ3) is 3.89. The van der Waals surface area contributed by atoms with E-state index in [4.69, 9.17) is 4.74 Å². The van der Waals surface area contributed by atoms with Crippen LogP contribution in [0.4, 0.5) is 0 Å². The molecule has 7 nitrogen and oxygen atoms in total. The number of carbonyl (C=O) groups excluding carboxylic acids is 1. The molecule has 1 saturated heterocycles. The zero-order chi connectivity index (χ0) is 16.2. The standard InChI is InChI=1S/C15H19N5O2S/c1-11-8-19(9-12(2)22-11)14(21)10-23-15-16-17-18-20(15)13-6-4-3-5-7-13/h3-7,11-12H,8-10H2,1-2H3. The van der Waals surface area contributed by atoms with Crippen molar-refractivity contribution in [2.45, 2.75) is 31.2 Å². The van der Waals surface area contributed by atoms with E-state index in [9.17, 15) is 4.79 Å². The summed E-state index contributed by atoms with van der Waals surface area (Å²) in [5.41, 5.74) is 0.876. The first-order chi connectivity index (χ1) is 11.1. The molecule has 0 N–H and O–H groups in total. The normalized spacial score (nSPS) is 21.4. The number of thioether (sulfide) groups is 1. The molecule has 0 saturated carbocycles. The second-order valence-corrected chi connectivity index (χ2v) is 6.50. The lowest BCUT2D eigenvalue weighted by Crippen LogP contribution is -2.48. The average Bonchev–Trinajstić information content (AvgIpc) is 3.01. The fraction of sp³-hybridized carbons (Fsp3) is 0.467. The van der Waals surface area contributed by atoms with Gasteiger partial charge in [-0.05, 0) is 36.4 Å². The molecule has 0 bridgehead atoms. The summed E-state index contributed by atoms with van der Waals surface area (Å²) < 4.78 is 7.30. The van der Waals surface area contributed by atoms with Gasteiger partial charge in [-0.3, -0.25) is 4.79 Å². The zero-order valence-corrected chi connectivity index (χ0v) is 13.9. The van der Waals surface area contributed by atoms with Crippen molar-refractivity contribution in [3.05, 3.63) is 30.3 Å². The molecule has 122 valence electrons. The van der Waals surface area contributed by atoms with Crippen LogP contribution in [0.1, 0.15) is 13.8 Å². The molecule has 2 heterocycles. The summed E-state index contributed by atoms with van der Waals surface area (Å²) in [6, 6.07) is 9.63. The van der Waals surface area contributed by atoms with Crippen LogP contribution in [-0.2, 0) is 9.53 Å². The van der Waals surface area contributed by atoms with Gasteiger partial charge in [0.25, 0.3) is 0 Å². The van der Waals surface area contributed by atoms with Gasteiger partial charge in [0.05, 0.1) is 23.6 Å². The minimum absolute atomic E-state index is 0.0716. The molecule has 0 radical (unpaired) electrons. The lowest BCUT2D eigenvalue weighted by molar-refractivity contribution is -0.140. The van der Waals surface area contributed by atoms with Gasteiger partial charge in [0.15, 0.2) is 0 Å². The molecule has 3 rings (SSSR count). The van der Waals surface area contributed by atoms with Crippen LogP contribution in [0.2, 0.25) is 0 Å². The van der Waals surface area contributed by atoms with Crippen molar-refractivity contribution in [2.24, 2.45) is 0 Å². The molecule has 2 unspecified atom stereocenters. The molecule has 2 atom stereocenters. The lowest BCUT2D eigenvalue weighted by Gasteiger charge is -2.35. The Morgan fingerprint density at radius 2 is 1.96 bits per heavy atom. The fourth-order valence-corrected chi connectivity index (χ4v) is 3.39. The Morgan fingerprint density at radius 1 is 1.26 bits per heavy atom. The molecular weight excluding hydrogens is 314 g/mol. The van der Waals surface area contributed by atoms with Gasteiger partial charge in [0, 0.05) is 13.1 Å². The highest BCUT2D eigenvalue weighted by molar-refractivity contribution is 7.99. The van der Waals surface area contributed by atoms with Gasteiger partial charge in [-0.25, -0.2) is 0 Å². The topological polar surface area (TPSA) is 73.1 Å². The average molecular weight is 333 g/mol. The number of tetrazole rings is 1. The Kier molecular flexibility index (Phi) is 4.92. The molecule has 1 aromatic heterocycles. The van der Waals surface area contributed by atoms with E-state index in [1.54, 1.807) is 4.68 Å². The number of aromatic nitrogens is 4. The van der Waals surface area contributed by atoms with Gasteiger partial charge in [-0.1, -0.05) is 30.0 Å². The molecular formula is C15H19N5O2S. The quantitative estimate of drug-likeness (QED) is 0.787. The van der Waals surface area contributed by atoms with Crippen molar-refractivity contribution in [3.63, 3.8) is 0 Å². The number of hydrogen-bond acceptors (Lipinski definition) is 6. The van der Waals surface area contributed by atoms with Crippen LogP contribution in [0, 0.1) is 0 Å². The zero-order valence-electron chi connectivity index (χ0n) is 13.1. The Labute approximate surface area is 139 Å². The van der Waals surface area contributed by atoms with Gasteiger partial charge >= 0.3 is 0 Å². The summed E-state index contributed by atoms with van der Waals surface area (Å²) >= 11 is 1.35. The highest BCUT2D eigenvalue weighted by Crippen LogP contribution is 2.19. The third-order valence-corrected chi connectivity index (χ3v) is 4.44. The second kappa shape index (κ2) is 7.10. The van der Waals surface area contributed by atoms with E-state index >= 15 is 0 Å². The Hall–Kier alpha value is -1.93. The smallest absolute Gasteiger partial charge is 0.233 e. The molecule has 1 aliphatic rings. The summed E-state index contributed by atoms with van der Waals surface area (Å²) in [7, 11) is 0. The predicted octanol–water partition coefficient (Wildman–Crippen LogP) is 1.39. The Balaban J connectivity index is 1.63. The van der Waals surface area contributed by atoms with Crippen LogP contribution in [0.3, 0.4) is 0 Å². The largest absolute Gasteiger partial charge is 0.372 e. The molecule has 1 fully saturated rings. The van der Waals surface area contributed by atoms with Crippen LogP contribution in [0.5, 0.6) is 0 Å². The van der Waals surface area contributed by atoms with Crippen molar-refractivity contribution >= 4 is 17.7 Å². The molecule has 1 amide bonds. The Morgan fingerprint density at radius 3 is 2.65 bits per heavy atom. The highest BCUT2D eigenvalue weighted by atomic mass is 32.2. The molecule has 0 aliphatic carbocycles. The van der Waals surface area contributed by atoms with E-state index in [1.807, 2.05) is 49.1 Å². The molecule has 0 spiro atoms. The number of hydrogen-bond donors (Lipinski definition) is 0. The summed E-state index contributed by atoms with van der Waals surface area (Å²) in [6.07, 6.45) is 0.143. The summed E-state index contributed by atoms with van der Waals surface area (Å²) in [5.74, 6) is 0.395. The van der Waals surface area contributed by atoms with Gasteiger partial charge in [-0.15, -0.1) is 5.10 Å². The van der Waals surface area contributed by atoms with Crippen molar-refractivity contribution in [3.8, 4) is 5.69 Å². The third-order valence-electron chi connectivity index (χ3n) is 3.54. The Bertz CT molecular complexity index is 653. The van der Waals surface area contributed by atoms with Crippen molar-refractivity contribution in [2.75, 3.05) is 18.8 Å². The minimum Gasteiger partial charge on any atom is -0.372 e. The number of carbonyl (C=O) groups is 1. The van der Waals surface area contributed by atoms with Crippen molar-refractivity contribution in [1.29, 1.82) is 0 Å². The van der Waals surface area contributed by atoms with Crippen LogP contribution in [0.15, 0.2) is 35.5 Å². The first kappa shape index (κ1) is 15.9. The number of rotatable bonds is 4. The van der Waals surface area contributed by atoms with Crippen molar-refractivity contribution in [1.82, 2.24) is 25.1 Å². The number of amides is 1. The maximum atomic E-state index is 12.4. The SMILES string of the molecule is CC1CN(C(=O)CSc2nnnn2-c2ccccc2)CC(C)O1. The first-order valence-corrected chi connectivity index (χ1v) is 8.52. The maximum absolute atomic E-state index is 12.4. The van der Waals surface area contributed by atoms with E-state index in [2.05, 4.69) is 15.5 Å². The molecule has 1 aliphatic heterocycles. The summed E-state index contributed by atoms with van der Waals surface area (Å²) in [4.78, 5) is 14.3. The highest BCUT2D eigenvalue weighted by Gasteiger charge is 2.26. The first-order valence-electron chi connectivity index (χ1n) is 7.53. The van der Waals surface area contributed by atoms with E-state index in [0.717, 1.165) is 5.69 Å². The van der Waals surface area contributed by atoms with E-state index < -0.39 is 0 Å². The van der Waals surface area contributed by atoms with Gasteiger partial charge in [-0.2, -0.15) is 4.68 Å². The number of benzene rings is 1. The predicted molar refractivity (Wildman–Crippen MR) is 86.5 cm³/mol. The lowest BCUT2D eigenvalue weighted by atomic mass is 10.2. The van der Waals surface area contributed by atoms with Gasteiger partial charge < -0.3 is 9.64 Å². The number of ether oxygens (including phenoxy) is 1. The number of morpholine rings is 1. The monoisotopic (exact) mass is 333 g/mol. The maximum Gasteiger partial charge on any atom is 0.233 e. The van der Waals surface area contributed by atoms with Crippen LogP contribution >= 0.6 is 11.8 Å². The molecule has 8 heteroatoms.